The van der Waals surface area contributed by atoms with Crippen LogP contribution in [0.5, 0.6) is 5.75 Å². The van der Waals surface area contributed by atoms with Gasteiger partial charge < -0.3 is 20.1 Å². The topological polar surface area (TPSA) is 59.6 Å². The predicted molar refractivity (Wildman–Crippen MR) is 83.6 cm³/mol. The van der Waals surface area contributed by atoms with Crippen LogP contribution >= 0.6 is 0 Å². The molecular weight excluding hydrogens is 306 g/mol. The second-order valence-electron chi connectivity index (χ2n) is 6.20. The van der Waals surface area contributed by atoms with Gasteiger partial charge in [0, 0.05) is 19.1 Å². The van der Waals surface area contributed by atoms with Gasteiger partial charge in [-0.1, -0.05) is 12.1 Å². The fourth-order valence-electron chi connectivity index (χ4n) is 1.78. The Morgan fingerprint density at radius 1 is 1.22 bits per heavy atom. The zero-order valence-corrected chi connectivity index (χ0v) is 13.9. The molecule has 1 rings (SSSR count). The lowest BCUT2D eigenvalue weighted by molar-refractivity contribution is -0.0498. The summed E-state index contributed by atoms with van der Waals surface area (Å²) in [5.41, 5.74) is 0.398. The molecule has 2 N–H and O–H groups in total. The molecule has 0 spiro atoms. The van der Waals surface area contributed by atoms with Crippen LogP contribution < -0.4 is 15.4 Å². The van der Waals surface area contributed by atoms with Crippen molar-refractivity contribution in [2.75, 3.05) is 6.54 Å². The smallest absolute Gasteiger partial charge is 0.407 e. The second kappa shape index (κ2) is 8.67. The molecule has 0 saturated heterocycles. The van der Waals surface area contributed by atoms with Crippen molar-refractivity contribution in [2.45, 2.75) is 52.5 Å². The Morgan fingerprint density at radius 3 is 2.35 bits per heavy atom. The monoisotopic (exact) mass is 330 g/mol. The molecule has 1 aromatic rings. The molecule has 130 valence electrons. The van der Waals surface area contributed by atoms with Gasteiger partial charge in [0.25, 0.3) is 0 Å². The number of carbonyl (C=O) groups excluding carboxylic acids is 1. The maximum Gasteiger partial charge on any atom is 0.407 e. The number of halogens is 2. The average molecular weight is 330 g/mol. The zero-order chi connectivity index (χ0) is 17.5. The summed E-state index contributed by atoms with van der Waals surface area (Å²) >= 11 is 0. The fourth-order valence-corrected chi connectivity index (χ4v) is 1.78. The van der Waals surface area contributed by atoms with E-state index in [1.54, 1.807) is 32.9 Å². The van der Waals surface area contributed by atoms with Crippen LogP contribution in [0.25, 0.3) is 0 Å². The van der Waals surface area contributed by atoms with E-state index in [1.807, 2.05) is 6.92 Å². The van der Waals surface area contributed by atoms with Crippen molar-refractivity contribution in [1.82, 2.24) is 10.6 Å². The third kappa shape index (κ3) is 8.97. The number of benzene rings is 1. The van der Waals surface area contributed by atoms with E-state index < -0.39 is 18.3 Å². The maximum atomic E-state index is 12.0. The van der Waals surface area contributed by atoms with E-state index in [0.29, 0.717) is 13.1 Å². The van der Waals surface area contributed by atoms with Gasteiger partial charge >= 0.3 is 12.7 Å². The molecule has 0 aliphatic carbocycles. The number of nitrogens with one attached hydrogen (secondary N) is 2. The summed E-state index contributed by atoms with van der Waals surface area (Å²) in [6.07, 6.45) is -0.458. The molecule has 1 unspecified atom stereocenters. The minimum absolute atomic E-state index is 0.105. The fraction of sp³-hybridized carbons (Fsp3) is 0.562. The Bertz CT molecular complexity index is 487. The third-order valence-corrected chi connectivity index (χ3v) is 2.69. The number of carbonyl (C=O) groups is 1. The Labute approximate surface area is 135 Å². The van der Waals surface area contributed by atoms with Gasteiger partial charge in [-0.25, -0.2) is 4.79 Å². The lowest BCUT2D eigenvalue weighted by Crippen LogP contribution is -2.42. The van der Waals surface area contributed by atoms with Crippen LogP contribution in [0.3, 0.4) is 0 Å². The highest BCUT2D eigenvalue weighted by Gasteiger charge is 2.17. The summed E-state index contributed by atoms with van der Waals surface area (Å²) in [7, 11) is 0. The van der Waals surface area contributed by atoms with E-state index in [1.165, 1.54) is 12.1 Å². The van der Waals surface area contributed by atoms with Crippen LogP contribution in [0.15, 0.2) is 24.3 Å². The molecule has 23 heavy (non-hydrogen) atoms. The average Bonchev–Trinajstić information content (AvgIpc) is 2.37. The van der Waals surface area contributed by atoms with Gasteiger partial charge in [0.2, 0.25) is 0 Å². The summed E-state index contributed by atoms with van der Waals surface area (Å²) < 4.78 is 33.5. The first-order chi connectivity index (χ1) is 10.7. The van der Waals surface area contributed by atoms with Gasteiger partial charge in [0.15, 0.2) is 0 Å². The minimum atomic E-state index is -2.82. The quantitative estimate of drug-likeness (QED) is 0.805. The van der Waals surface area contributed by atoms with Crippen molar-refractivity contribution in [1.29, 1.82) is 0 Å². The Morgan fingerprint density at radius 2 is 1.83 bits per heavy atom. The number of ether oxygens (including phenoxy) is 2. The Hall–Kier alpha value is -1.89. The summed E-state index contributed by atoms with van der Waals surface area (Å²) in [5.74, 6) is 0.128. The first-order valence-corrected chi connectivity index (χ1v) is 7.39. The van der Waals surface area contributed by atoms with E-state index in [-0.39, 0.29) is 11.8 Å². The van der Waals surface area contributed by atoms with E-state index in [4.69, 9.17) is 4.74 Å². The predicted octanol–water partition coefficient (Wildman–Crippen LogP) is 3.29. The molecular formula is C16H24F2N2O3. The molecule has 0 heterocycles. The summed E-state index contributed by atoms with van der Waals surface area (Å²) in [6, 6.07) is 6.29. The number of amides is 1. The van der Waals surface area contributed by atoms with Crippen LogP contribution in [-0.2, 0) is 11.3 Å². The molecule has 1 amide bonds. The van der Waals surface area contributed by atoms with Crippen molar-refractivity contribution in [3.63, 3.8) is 0 Å². The summed E-state index contributed by atoms with van der Waals surface area (Å²) in [4.78, 5) is 11.6. The highest BCUT2D eigenvalue weighted by atomic mass is 19.3. The number of alkyl halides is 2. The number of hydrogen-bond acceptors (Lipinski definition) is 4. The van der Waals surface area contributed by atoms with Crippen LogP contribution in [0.1, 0.15) is 33.3 Å². The standard InChI is InChI=1S/C16H24F2N2O3/c1-11(20-15(21)23-16(2,3)4)9-19-10-12-5-7-13(8-6-12)22-14(17)18/h5-8,11,14,19H,9-10H2,1-4H3,(H,20,21). The Kier molecular flexibility index (Phi) is 7.22. The molecule has 0 bridgehead atoms. The van der Waals surface area contributed by atoms with Crippen molar-refractivity contribution >= 4 is 6.09 Å². The zero-order valence-electron chi connectivity index (χ0n) is 13.9. The van der Waals surface area contributed by atoms with E-state index >= 15 is 0 Å². The van der Waals surface area contributed by atoms with Gasteiger partial charge in [0.05, 0.1) is 0 Å². The lowest BCUT2D eigenvalue weighted by Gasteiger charge is -2.22. The largest absolute Gasteiger partial charge is 0.444 e. The number of hydrogen-bond donors (Lipinski definition) is 2. The second-order valence-corrected chi connectivity index (χ2v) is 6.20. The third-order valence-electron chi connectivity index (χ3n) is 2.69. The summed E-state index contributed by atoms with van der Waals surface area (Å²) in [5, 5.41) is 5.90. The normalized spacial score (nSPS) is 12.8. The van der Waals surface area contributed by atoms with Gasteiger partial charge in [-0.05, 0) is 45.4 Å². The van der Waals surface area contributed by atoms with E-state index in [9.17, 15) is 13.6 Å². The molecule has 1 atom stereocenters. The number of rotatable bonds is 7. The van der Waals surface area contributed by atoms with Crippen LogP contribution in [0.4, 0.5) is 13.6 Å². The molecule has 1 aromatic carbocycles. The molecule has 0 aromatic heterocycles. The van der Waals surface area contributed by atoms with Crippen LogP contribution in [-0.4, -0.2) is 30.9 Å². The summed E-state index contributed by atoms with van der Waals surface area (Å²) in [6.45, 7) is 5.55. The first kappa shape index (κ1) is 19.2. The first-order valence-electron chi connectivity index (χ1n) is 7.39. The van der Waals surface area contributed by atoms with Gasteiger partial charge in [-0.2, -0.15) is 8.78 Å². The van der Waals surface area contributed by atoms with Gasteiger partial charge in [-0.15, -0.1) is 0 Å². The van der Waals surface area contributed by atoms with Crippen molar-refractivity contribution < 1.29 is 23.0 Å². The SMILES string of the molecule is CC(CNCc1ccc(OC(F)F)cc1)NC(=O)OC(C)(C)C. The van der Waals surface area contributed by atoms with Crippen LogP contribution in [0, 0.1) is 0 Å². The molecule has 5 nitrogen and oxygen atoms in total. The van der Waals surface area contributed by atoms with E-state index in [2.05, 4.69) is 15.4 Å². The minimum Gasteiger partial charge on any atom is -0.444 e. The molecule has 0 fully saturated rings. The van der Waals surface area contributed by atoms with Crippen molar-refractivity contribution in [3.05, 3.63) is 29.8 Å². The van der Waals surface area contributed by atoms with Crippen molar-refractivity contribution in [2.24, 2.45) is 0 Å². The van der Waals surface area contributed by atoms with Gasteiger partial charge in [0.1, 0.15) is 11.4 Å². The Balaban J connectivity index is 2.29. The van der Waals surface area contributed by atoms with Crippen LogP contribution in [0.2, 0.25) is 0 Å². The molecule has 0 saturated carbocycles. The molecule has 0 radical (unpaired) electrons. The highest BCUT2D eigenvalue weighted by Crippen LogP contribution is 2.14. The molecule has 0 aliphatic heterocycles. The highest BCUT2D eigenvalue weighted by molar-refractivity contribution is 5.68. The maximum absolute atomic E-state index is 12.0. The lowest BCUT2D eigenvalue weighted by atomic mass is 10.2. The number of alkyl carbamates (subject to hydrolysis) is 1. The molecule has 7 heteroatoms. The van der Waals surface area contributed by atoms with E-state index in [0.717, 1.165) is 5.56 Å². The molecule has 0 aliphatic rings. The van der Waals surface area contributed by atoms with Gasteiger partial charge in [-0.3, -0.25) is 0 Å². The van der Waals surface area contributed by atoms with Crippen molar-refractivity contribution in [3.8, 4) is 5.75 Å².